The molecule has 0 saturated heterocycles. The predicted molar refractivity (Wildman–Crippen MR) is 81.4 cm³/mol. The lowest BCUT2D eigenvalue weighted by molar-refractivity contribution is -0.239. The van der Waals surface area contributed by atoms with Gasteiger partial charge in [-0.2, -0.15) is 0 Å². The fourth-order valence-corrected chi connectivity index (χ4v) is 3.46. The minimum absolute atomic E-state index is 0.463. The summed E-state index contributed by atoms with van der Waals surface area (Å²) >= 11 is 6.38. The molecule has 3 rings (SSSR count). The summed E-state index contributed by atoms with van der Waals surface area (Å²) in [6.07, 6.45) is 2.21. The Bertz CT molecular complexity index is 694. The third-order valence-electron chi connectivity index (χ3n) is 4.10. The number of nitrogens with one attached hydrogen (secondary N) is 1. The molecule has 0 amide bonds. The molecule has 0 saturated carbocycles. The van der Waals surface area contributed by atoms with Gasteiger partial charge in [0.25, 0.3) is 12.3 Å². The van der Waals surface area contributed by atoms with E-state index in [0.29, 0.717) is 24.5 Å². The Labute approximate surface area is 128 Å². The van der Waals surface area contributed by atoms with Gasteiger partial charge in [-0.3, -0.25) is 4.79 Å². The summed E-state index contributed by atoms with van der Waals surface area (Å²) in [6.45, 7) is 5.04. The molecule has 0 radical (unpaired) electrons. The Hall–Kier alpha value is -1.52. The van der Waals surface area contributed by atoms with Crippen molar-refractivity contribution in [2.45, 2.75) is 38.9 Å². The van der Waals surface area contributed by atoms with E-state index in [1.165, 1.54) is 0 Å². The molecule has 0 bridgehead atoms. The molecule has 1 N–H and O–H groups in total. The summed E-state index contributed by atoms with van der Waals surface area (Å²) in [7, 11) is 0. The Balaban J connectivity index is 2.29. The quantitative estimate of drug-likeness (QED) is 0.873. The second kappa shape index (κ2) is 5.35. The van der Waals surface area contributed by atoms with Crippen molar-refractivity contribution < 1.29 is 14.3 Å². The van der Waals surface area contributed by atoms with Gasteiger partial charge in [0.15, 0.2) is 0 Å². The summed E-state index contributed by atoms with van der Waals surface area (Å²) in [6, 6.07) is 3.89. The van der Waals surface area contributed by atoms with Crippen LogP contribution in [0.3, 0.4) is 0 Å². The number of aromatic nitrogens is 1. The first-order chi connectivity index (χ1) is 10.1. The van der Waals surface area contributed by atoms with E-state index < -0.39 is 5.79 Å². The lowest BCUT2D eigenvalue weighted by atomic mass is 9.96. The predicted octanol–water partition coefficient (Wildman–Crippen LogP) is 3.83. The van der Waals surface area contributed by atoms with E-state index in [1.807, 2.05) is 26.0 Å². The van der Waals surface area contributed by atoms with Crippen LogP contribution in [0, 0.1) is 6.92 Å². The molecule has 2 aromatic rings. The van der Waals surface area contributed by atoms with Crippen molar-refractivity contribution in [3.63, 3.8) is 0 Å². The van der Waals surface area contributed by atoms with Crippen molar-refractivity contribution in [1.29, 1.82) is 0 Å². The van der Waals surface area contributed by atoms with Gasteiger partial charge < -0.3 is 14.5 Å². The van der Waals surface area contributed by atoms with Gasteiger partial charge in [0.05, 0.1) is 22.8 Å². The van der Waals surface area contributed by atoms with Crippen LogP contribution in [0.1, 0.15) is 36.6 Å². The minimum atomic E-state index is -1.02. The number of benzene rings is 1. The first-order valence-electron chi connectivity index (χ1n) is 7.18. The summed E-state index contributed by atoms with van der Waals surface area (Å²) < 4.78 is 11.2. The molecule has 1 aromatic carbocycles. The molecule has 1 atom stereocenters. The van der Waals surface area contributed by atoms with E-state index in [4.69, 9.17) is 21.1 Å². The number of ether oxygens (including phenoxy) is 2. The summed E-state index contributed by atoms with van der Waals surface area (Å²) in [5.41, 5.74) is 4.03. The van der Waals surface area contributed by atoms with Gasteiger partial charge in [0.2, 0.25) is 0 Å². The van der Waals surface area contributed by atoms with E-state index >= 15 is 0 Å². The topological polar surface area (TPSA) is 51.3 Å². The highest BCUT2D eigenvalue weighted by molar-refractivity contribution is 6.36. The van der Waals surface area contributed by atoms with Gasteiger partial charge >= 0.3 is 0 Å². The number of carbonyl (C=O) groups excluding carboxylic acids is 1. The zero-order valence-corrected chi connectivity index (χ0v) is 12.9. The van der Waals surface area contributed by atoms with Crippen molar-refractivity contribution in [1.82, 2.24) is 4.98 Å². The van der Waals surface area contributed by atoms with Crippen molar-refractivity contribution in [3.8, 4) is 0 Å². The smallest absolute Gasteiger partial charge is 0.295 e. The van der Waals surface area contributed by atoms with E-state index in [9.17, 15) is 4.79 Å². The zero-order valence-electron chi connectivity index (χ0n) is 12.2. The number of rotatable bonds is 4. The maximum atomic E-state index is 11.0. The molecule has 4 nitrogen and oxygen atoms in total. The number of aromatic amines is 1. The van der Waals surface area contributed by atoms with Crippen molar-refractivity contribution >= 4 is 29.0 Å². The third kappa shape index (κ3) is 2.14. The highest BCUT2D eigenvalue weighted by Crippen LogP contribution is 2.42. The summed E-state index contributed by atoms with van der Waals surface area (Å²) in [5, 5.41) is 1.73. The SMILES string of the molecule is CCCC1(OC=O)OCCc2c1[nH]c1c(C)ccc(Cl)c21. The van der Waals surface area contributed by atoms with Gasteiger partial charge in [-0.25, -0.2) is 0 Å². The van der Waals surface area contributed by atoms with Crippen LogP contribution < -0.4 is 0 Å². The van der Waals surface area contributed by atoms with Gasteiger partial charge in [-0.15, -0.1) is 0 Å². The standard InChI is InChI=1S/C16H18ClNO3/c1-3-7-16(21-9-19)15-11(6-8-20-16)13-12(17)5-4-10(2)14(13)18-15/h4-5,9,18H,3,6-8H2,1-2H3. The fourth-order valence-electron chi connectivity index (χ4n) is 3.18. The third-order valence-corrected chi connectivity index (χ3v) is 4.42. The van der Waals surface area contributed by atoms with Gasteiger partial charge in [-0.1, -0.05) is 24.6 Å². The summed E-state index contributed by atoms with van der Waals surface area (Å²) in [4.78, 5) is 14.4. The number of hydrogen-bond acceptors (Lipinski definition) is 3. The van der Waals surface area contributed by atoms with Crippen LogP contribution in [-0.2, 0) is 26.5 Å². The average molecular weight is 308 g/mol. The maximum Gasteiger partial charge on any atom is 0.295 e. The van der Waals surface area contributed by atoms with Crippen molar-refractivity contribution in [3.05, 3.63) is 34.0 Å². The van der Waals surface area contributed by atoms with E-state index in [2.05, 4.69) is 4.98 Å². The van der Waals surface area contributed by atoms with Crippen molar-refractivity contribution in [2.75, 3.05) is 6.61 Å². The van der Waals surface area contributed by atoms with Crippen LogP contribution in [0.5, 0.6) is 0 Å². The Morgan fingerprint density at radius 2 is 2.33 bits per heavy atom. The van der Waals surface area contributed by atoms with Crippen molar-refractivity contribution in [2.24, 2.45) is 0 Å². The average Bonchev–Trinajstić information content (AvgIpc) is 2.86. The molecule has 1 unspecified atom stereocenters. The second-order valence-electron chi connectivity index (χ2n) is 5.41. The van der Waals surface area contributed by atoms with Crippen LogP contribution in [0.4, 0.5) is 0 Å². The summed E-state index contributed by atoms with van der Waals surface area (Å²) in [5.74, 6) is -1.02. The van der Waals surface area contributed by atoms with Gasteiger partial charge in [0.1, 0.15) is 0 Å². The second-order valence-corrected chi connectivity index (χ2v) is 5.82. The van der Waals surface area contributed by atoms with Gasteiger partial charge in [-0.05, 0) is 37.0 Å². The lowest BCUT2D eigenvalue weighted by Gasteiger charge is -2.35. The first kappa shape index (κ1) is 14.4. The molecule has 2 heterocycles. The monoisotopic (exact) mass is 307 g/mol. The zero-order chi connectivity index (χ0) is 15.0. The van der Waals surface area contributed by atoms with Crippen LogP contribution in [0.15, 0.2) is 12.1 Å². The largest absolute Gasteiger partial charge is 0.429 e. The van der Waals surface area contributed by atoms with Crippen LogP contribution in [-0.4, -0.2) is 18.1 Å². The molecule has 1 aliphatic heterocycles. The molecule has 0 spiro atoms. The Kier molecular flexibility index (Phi) is 3.68. The normalized spacial score (nSPS) is 21.3. The number of fused-ring (bicyclic) bond motifs is 3. The minimum Gasteiger partial charge on any atom is -0.429 e. The number of hydrogen-bond donors (Lipinski definition) is 1. The maximum absolute atomic E-state index is 11.0. The van der Waals surface area contributed by atoms with Crippen LogP contribution in [0.25, 0.3) is 10.9 Å². The Morgan fingerprint density at radius 3 is 3.05 bits per heavy atom. The fraction of sp³-hybridized carbons (Fsp3) is 0.438. The number of halogens is 1. The molecule has 21 heavy (non-hydrogen) atoms. The molecule has 1 aromatic heterocycles. The van der Waals surface area contributed by atoms with Gasteiger partial charge in [0, 0.05) is 11.8 Å². The number of carbonyl (C=O) groups is 1. The number of aryl methyl sites for hydroxylation is 1. The molecule has 0 aliphatic carbocycles. The highest BCUT2D eigenvalue weighted by atomic mass is 35.5. The lowest BCUT2D eigenvalue weighted by Crippen LogP contribution is -2.38. The van der Waals surface area contributed by atoms with E-state index in [-0.39, 0.29) is 0 Å². The highest BCUT2D eigenvalue weighted by Gasteiger charge is 2.42. The molecule has 0 fully saturated rings. The van der Waals surface area contributed by atoms with Crippen LogP contribution in [0.2, 0.25) is 5.02 Å². The molecular weight excluding hydrogens is 290 g/mol. The van der Waals surface area contributed by atoms with Crippen LogP contribution >= 0.6 is 11.6 Å². The molecule has 112 valence electrons. The molecular formula is C16H18ClNO3. The Morgan fingerprint density at radius 1 is 1.52 bits per heavy atom. The first-order valence-corrected chi connectivity index (χ1v) is 7.56. The van der Waals surface area contributed by atoms with E-state index in [1.54, 1.807) is 0 Å². The number of H-pyrrole nitrogens is 1. The molecule has 5 heteroatoms. The van der Waals surface area contributed by atoms with E-state index in [0.717, 1.165) is 40.6 Å². The molecule has 1 aliphatic rings.